The van der Waals surface area contributed by atoms with Gasteiger partial charge in [0.25, 0.3) is 0 Å². The second-order valence-electron chi connectivity index (χ2n) is 4.34. The molecule has 1 aromatic rings. The Balaban J connectivity index is 2.39. The molecule has 102 valence electrons. The van der Waals surface area contributed by atoms with Crippen LogP contribution in [0.1, 0.15) is 13.8 Å². The number of thioether (sulfide) groups is 1. The van der Waals surface area contributed by atoms with E-state index >= 15 is 0 Å². The third-order valence-corrected chi connectivity index (χ3v) is 3.50. The molecule has 1 nitrogen and oxygen atoms in total. The highest BCUT2D eigenvalue weighted by molar-refractivity contribution is 7.99. The van der Waals surface area contributed by atoms with Gasteiger partial charge in [0.05, 0.1) is 6.54 Å². The van der Waals surface area contributed by atoms with E-state index < -0.39 is 12.7 Å². The first-order valence-corrected chi connectivity index (χ1v) is 6.85. The van der Waals surface area contributed by atoms with Gasteiger partial charge in [-0.1, -0.05) is 18.2 Å². The van der Waals surface area contributed by atoms with Gasteiger partial charge in [-0.25, -0.2) is 0 Å². The molecule has 0 heterocycles. The zero-order valence-electron chi connectivity index (χ0n) is 10.6. The van der Waals surface area contributed by atoms with Crippen molar-refractivity contribution < 1.29 is 13.2 Å². The summed E-state index contributed by atoms with van der Waals surface area (Å²) in [6.45, 7) is 3.19. The Kier molecular flexibility index (Phi) is 6.02. The number of hydrogen-bond acceptors (Lipinski definition) is 2. The summed E-state index contributed by atoms with van der Waals surface area (Å²) >= 11 is 1.58. The summed E-state index contributed by atoms with van der Waals surface area (Å²) in [4.78, 5) is 2.55. The van der Waals surface area contributed by atoms with Crippen molar-refractivity contribution in [3.63, 3.8) is 0 Å². The van der Waals surface area contributed by atoms with E-state index in [1.807, 2.05) is 30.3 Å². The SMILES string of the molecule is CC(C)N(CCSc1ccccc1)CC(F)(F)F. The summed E-state index contributed by atoms with van der Waals surface area (Å²) < 4.78 is 37.1. The second kappa shape index (κ2) is 7.04. The molecule has 0 amide bonds. The van der Waals surface area contributed by atoms with Gasteiger partial charge in [-0.05, 0) is 26.0 Å². The van der Waals surface area contributed by atoms with E-state index in [1.165, 1.54) is 4.90 Å². The Morgan fingerprint density at radius 2 is 1.78 bits per heavy atom. The van der Waals surface area contributed by atoms with Gasteiger partial charge in [-0.2, -0.15) is 13.2 Å². The Bertz CT molecular complexity index is 338. The Labute approximate surface area is 110 Å². The van der Waals surface area contributed by atoms with Crippen LogP contribution < -0.4 is 0 Å². The predicted octanol–water partition coefficient (Wildman–Crippen LogP) is 4.05. The minimum Gasteiger partial charge on any atom is -0.292 e. The average molecular weight is 277 g/mol. The van der Waals surface area contributed by atoms with E-state index in [1.54, 1.807) is 25.6 Å². The molecule has 0 aliphatic rings. The maximum absolute atomic E-state index is 12.4. The minimum absolute atomic E-state index is 0.0944. The molecule has 0 atom stereocenters. The molecule has 0 unspecified atom stereocenters. The monoisotopic (exact) mass is 277 g/mol. The molecule has 0 N–H and O–H groups in total. The van der Waals surface area contributed by atoms with Crippen molar-refractivity contribution in [3.05, 3.63) is 30.3 Å². The number of halogens is 3. The van der Waals surface area contributed by atoms with Crippen molar-refractivity contribution in [1.29, 1.82) is 0 Å². The lowest BCUT2D eigenvalue weighted by Crippen LogP contribution is -2.40. The van der Waals surface area contributed by atoms with E-state index in [-0.39, 0.29) is 6.04 Å². The van der Waals surface area contributed by atoms with Crippen LogP contribution in [0.25, 0.3) is 0 Å². The molecule has 0 radical (unpaired) electrons. The topological polar surface area (TPSA) is 3.24 Å². The molecule has 0 bridgehead atoms. The maximum atomic E-state index is 12.4. The summed E-state index contributed by atoms with van der Waals surface area (Å²) in [5, 5.41) is 0. The van der Waals surface area contributed by atoms with Crippen LogP contribution in [0.15, 0.2) is 35.2 Å². The first kappa shape index (κ1) is 15.4. The Morgan fingerprint density at radius 3 is 2.28 bits per heavy atom. The lowest BCUT2D eigenvalue weighted by Gasteiger charge is -2.27. The van der Waals surface area contributed by atoms with Crippen LogP contribution in [0.4, 0.5) is 13.2 Å². The van der Waals surface area contributed by atoms with E-state index in [0.717, 1.165) is 4.90 Å². The number of benzene rings is 1. The van der Waals surface area contributed by atoms with Gasteiger partial charge < -0.3 is 0 Å². The fraction of sp³-hybridized carbons (Fsp3) is 0.538. The van der Waals surface area contributed by atoms with Crippen LogP contribution in [0.2, 0.25) is 0 Å². The quantitative estimate of drug-likeness (QED) is 0.722. The average Bonchev–Trinajstić information content (AvgIpc) is 2.27. The van der Waals surface area contributed by atoms with Crippen LogP contribution in [-0.4, -0.2) is 36.0 Å². The summed E-state index contributed by atoms with van der Waals surface area (Å²) in [6.07, 6.45) is -4.12. The number of nitrogens with zero attached hydrogens (tertiary/aromatic N) is 1. The first-order valence-electron chi connectivity index (χ1n) is 5.87. The van der Waals surface area contributed by atoms with E-state index in [4.69, 9.17) is 0 Å². The van der Waals surface area contributed by atoms with Crippen LogP contribution >= 0.6 is 11.8 Å². The van der Waals surface area contributed by atoms with Crippen LogP contribution in [0.5, 0.6) is 0 Å². The molecule has 18 heavy (non-hydrogen) atoms. The zero-order chi connectivity index (χ0) is 13.6. The molecule has 0 fully saturated rings. The van der Waals surface area contributed by atoms with Gasteiger partial charge in [0.2, 0.25) is 0 Å². The summed E-state index contributed by atoms with van der Waals surface area (Å²) in [6, 6.07) is 9.62. The van der Waals surface area contributed by atoms with Gasteiger partial charge in [0.1, 0.15) is 0 Å². The molecular weight excluding hydrogens is 259 g/mol. The fourth-order valence-corrected chi connectivity index (χ4v) is 2.46. The standard InChI is InChI=1S/C13H18F3NS/c1-11(2)17(10-13(14,15)16)8-9-18-12-6-4-3-5-7-12/h3-7,11H,8-10H2,1-2H3. The van der Waals surface area contributed by atoms with Crippen molar-refractivity contribution in [1.82, 2.24) is 4.90 Å². The third-order valence-electron chi connectivity index (χ3n) is 2.50. The summed E-state index contributed by atoms with van der Waals surface area (Å²) in [7, 11) is 0. The van der Waals surface area contributed by atoms with Gasteiger partial charge in [-0.3, -0.25) is 4.90 Å². The molecule has 0 saturated carbocycles. The molecule has 1 aromatic carbocycles. The molecule has 1 rings (SSSR count). The van der Waals surface area contributed by atoms with Gasteiger partial charge >= 0.3 is 6.18 Å². The summed E-state index contributed by atoms with van der Waals surface area (Å²) in [5.74, 6) is 0.665. The highest BCUT2D eigenvalue weighted by atomic mass is 32.2. The van der Waals surface area contributed by atoms with Crippen molar-refractivity contribution in [3.8, 4) is 0 Å². The van der Waals surface area contributed by atoms with Gasteiger partial charge in [-0.15, -0.1) is 11.8 Å². The van der Waals surface area contributed by atoms with E-state index in [2.05, 4.69) is 0 Å². The molecule has 0 aromatic heterocycles. The first-order chi connectivity index (χ1) is 8.38. The normalized spacial score (nSPS) is 12.4. The molecule has 0 saturated heterocycles. The smallest absolute Gasteiger partial charge is 0.292 e. The third kappa shape index (κ3) is 6.31. The highest BCUT2D eigenvalue weighted by Gasteiger charge is 2.31. The molecule has 0 aliphatic heterocycles. The lowest BCUT2D eigenvalue weighted by molar-refractivity contribution is -0.148. The van der Waals surface area contributed by atoms with Crippen molar-refractivity contribution in [2.45, 2.75) is 31.0 Å². The van der Waals surface area contributed by atoms with Crippen molar-refractivity contribution in [2.75, 3.05) is 18.8 Å². The van der Waals surface area contributed by atoms with E-state index in [0.29, 0.717) is 12.3 Å². The van der Waals surface area contributed by atoms with Gasteiger partial charge in [0, 0.05) is 23.2 Å². The number of alkyl halides is 3. The van der Waals surface area contributed by atoms with Crippen molar-refractivity contribution in [2.24, 2.45) is 0 Å². The Morgan fingerprint density at radius 1 is 1.17 bits per heavy atom. The zero-order valence-corrected chi connectivity index (χ0v) is 11.4. The number of hydrogen-bond donors (Lipinski definition) is 0. The van der Waals surface area contributed by atoms with Crippen LogP contribution in [0.3, 0.4) is 0 Å². The Hall–Kier alpha value is -0.680. The largest absolute Gasteiger partial charge is 0.401 e. The lowest BCUT2D eigenvalue weighted by atomic mass is 10.3. The fourth-order valence-electron chi connectivity index (χ4n) is 1.55. The van der Waals surface area contributed by atoms with Crippen LogP contribution in [0, 0.1) is 0 Å². The summed E-state index contributed by atoms with van der Waals surface area (Å²) in [5.41, 5.74) is 0. The highest BCUT2D eigenvalue weighted by Crippen LogP contribution is 2.20. The van der Waals surface area contributed by atoms with E-state index in [9.17, 15) is 13.2 Å². The predicted molar refractivity (Wildman–Crippen MR) is 69.9 cm³/mol. The van der Waals surface area contributed by atoms with Crippen LogP contribution in [-0.2, 0) is 0 Å². The number of rotatable bonds is 6. The minimum atomic E-state index is -4.12. The maximum Gasteiger partial charge on any atom is 0.401 e. The van der Waals surface area contributed by atoms with Gasteiger partial charge in [0.15, 0.2) is 0 Å². The molecule has 0 spiro atoms. The molecule has 0 aliphatic carbocycles. The molecular formula is C13H18F3NS. The second-order valence-corrected chi connectivity index (χ2v) is 5.51. The van der Waals surface area contributed by atoms with Crippen molar-refractivity contribution >= 4 is 11.8 Å². The molecule has 5 heteroatoms.